The Labute approximate surface area is 228 Å². The Morgan fingerprint density at radius 3 is 2.00 bits per heavy atom. The third-order valence-electron chi connectivity index (χ3n) is 5.99. The van der Waals surface area contributed by atoms with Gasteiger partial charge in [0.25, 0.3) is 5.91 Å². The first-order valence-corrected chi connectivity index (χ1v) is 12.7. The molecule has 3 aromatic heterocycles. The molecule has 10 nitrogen and oxygen atoms in total. The molecule has 1 atom stereocenters. The third kappa shape index (κ3) is 5.60. The summed E-state index contributed by atoms with van der Waals surface area (Å²) < 4.78 is 21.6. The van der Waals surface area contributed by atoms with Gasteiger partial charge in [0.05, 0.1) is 41.3 Å². The van der Waals surface area contributed by atoms with Crippen LogP contribution in [0.1, 0.15) is 41.0 Å². The van der Waals surface area contributed by atoms with Crippen molar-refractivity contribution in [2.75, 3.05) is 11.9 Å². The molecule has 0 saturated heterocycles. The molecule has 0 fully saturated rings. The lowest BCUT2D eigenvalue weighted by molar-refractivity contribution is -0.124. The minimum atomic E-state index is -1.04. The molecule has 40 heavy (non-hydrogen) atoms. The van der Waals surface area contributed by atoms with E-state index in [0.29, 0.717) is 45.2 Å². The molecule has 202 valence electrons. The first-order valence-electron chi connectivity index (χ1n) is 12.7. The summed E-state index contributed by atoms with van der Waals surface area (Å²) in [7, 11) is 0. The van der Waals surface area contributed by atoms with Gasteiger partial charge in [-0.25, -0.2) is 19.6 Å². The van der Waals surface area contributed by atoms with E-state index in [-0.39, 0.29) is 18.6 Å². The SMILES string of the molecule is CCOC(=O)c1ccc(NC(=O)C(CC)OC(=O)c2ccc3nc(-c4ccco4)c(-c4ccco4)nc3c2)cc1. The highest BCUT2D eigenvalue weighted by atomic mass is 16.5. The predicted octanol–water partition coefficient (Wildman–Crippen LogP) is 5.90. The Morgan fingerprint density at radius 1 is 0.800 bits per heavy atom. The second-order valence-corrected chi connectivity index (χ2v) is 8.67. The number of aromatic nitrogens is 2. The molecule has 5 rings (SSSR count). The van der Waals surface area contributed by atoms with E-state index < -0.39 is 23.9 Å². The van der Waals surface area contributed by atoms with Crippen molar-refractivity contribution in [3.63, 3.8) is 0 Å². The maximum absolute atomic E-state index is 13.0. The molecule has 0 saturated carbocycles. The number of nitrogens with zero attached hydrogens (tertiary/aromatic N) is 2. The maximum atomic E-state index is 13.0. The number of hydrogen-bond donors (Lipinski definition) is 1. The number of anilines is 1. The number of hydrogen-bond acceptors (Lipinski definition) is 9. The van der Waals surface area contributed by atoms with Gasteiger partial charge < -0.3 is 23.6 Å². The summed E-state index contributed by atoms with van der Waals surface area (Å²) in [4.78, 5) is 47.1. The molecule has 1 unspecified atom stereocenters. The molecule has 0 aliphatic carbocycles. The van der Waals surface area contributed by atoms with Gasteiger partial charge in [-0.1, -0.05) is 6.92 Å². The molecule has 1 N–H and O–H groups in total. The van der Waals surface area contributed by atoms with Crippen LogP contribution in [-0.2, 0) is 14.3 Å². The minimum absolute atomic E-state index is 0.211. The zero-order valence-electron chi connectivity index (χ0n) is 21.7. The lowest BCUT2D eigenvalue weighted by Crippen LogP contribution is -2.32. The highest BCUT2D eigenvalue weighted by molar-refractivity contribution is 5.99. The van der Waals surface area contributed by atoms with Gasteiger partial charge in [-0.3, -0.25) is 4.79 Å². The number of ether oxygens (including phenoxy) is 2. The van der Waals surface area contributed by atoms with Crippen LogP contribution in [0.4, 0.5) is 5.69 Å². The molecule has 0 radical (unpaired) electrons. The van der Waals surface area contributed by atoms with Crippen LogP contribution in [0.2, 0.25) is 0 Å². The summed E-state index contributed by atoms with van der Waals surface area (Å²) in [5, 5.41) is 2.71. The van der Waals surface area contributed by atoms with Gasteiger partial charge in [0.15, 0.2) is 17.6 Å². The molecule has 0 aliphatic rings. The fraction of sp³-hybridized carbons (Fsp3) is 0.167. The van der Waals surface area contributed by atoms with Crippen molar-refractivity contribution in [2.45, 2.75) is 26.4 Å². The van der Waals surface area contributed by atoms with E-state index in [2.05, 4.69) is 5.32 Å². The maximum Gasteiger partial charge on any atom is 0.338 e. The van der Waals surface area contributed by atoms with Crippen LogP contribution in [0.25, 0.3) is 33.9 Å². The van der Waals surface area contributed by atoms with E-state index in [1.807, 2.05) is 0 Å². The smallest absolute Gasteiger partial charge is 0.338 e. The number of esters is 2. The first-order chi connectivity index (χ1) is 19.5. The normalized spacial score (nSPS) is 11.7. The zero-order chi connectivity index (χ0) is 28.1. The Bertz CT molecular complexity index is 1640. The van der Waals surface area contributed by atoms with E-state index in [4.69, 9.17) is 28.3 Å². The number of amides is 1. The van der Waals surface area contributed by atoms with Gasteiger partial charge in [0.1, 0.15) is 11.4 Å². The van der Waals surface area contributed by atoms with Gasteiger partial charge in [-0.05, 0) is 80.1 Å². The molecule has 0 bridgehead atoms. The molecule has 0 aliphatic heterocycles. The van der Waals surface area contributed by atoms with Crippen LogP contribution in [0, 0.1) is 0 Å². The lowest BCUT2D eigenvalue weighted by atomic mass is 10.1. The molecule has 10 heteroatoms. The summed E-state index contributed by atoms with van der Waals surface area (Å²) in [6.07, 6.45) is 2.29. The largest absolute Gasteiger partial charge is 0.463 e. The molecule has 1 amide bonds. The number of furan rings is 2. The van der Waals surface area contributed by atoms with Gasteiger partial charge in [-0.2, -0.15) is 0 Å². The van der Waals surface area contributed by atoms with Crippen molar-refractivity contribution in [2.24, 2.45) is 0 Å². The summed E-state index contributed by atoms with van der Waals surface area (Å²) in [6, 6.07) is 18.1. The predicted molar refractivity (Wildman–Crippen MR) is 145 cm³/mol. The highest BCUT2D eigenvalue weighted by Gasteiger charge is 2.23. The zero-order valence-corrected chi connectivity index (χ0v) is 21.7. The Balaban J connectivity index is 1.34. The van der Waals surface area contributed by atoms with Gasteiger partial charge in [0.2, 0.25) is 0 Å². The minimum Gasteiger partial charge on any atom is -0.463 e. The first kappa shape index (κ1) is 26.4. The van der Waals surface area contributed by atoms with Gasteiger partial charge >= 0.3 is 11.9 Å². The Hall–Kier alpha value is -5.25. The molecular formula is C30H25N3O7. The summed E-state index contributed by atoms with van der Waals surface area (Å²) in [5.41, 5.74) is 2.96. The molecule has 2 aromatic carbocycles. The third-order valence-corrected chi connectivity index (χ3v) is 5.99. The van der Waals surface area contributed by atoms with Crippen molar-refractivity contribution in [1.29, 1.82) is 0 Å². The number of fused-ring (bicyclic) bond motifs is 1. The molecule has 3 heterocycles. The second kappa shape index (κ2) is 11.6. The monoisotopic (exact) mass is 539 g/mol. The number of rotatable bonds is 9. The van der Waals surface area contributed by atoms with Crippen LogP contribution in [0.5, 0.6) is 0 Å². The van der Waals surface area contributed by atoms with Crippen LogP contribution in [0.3, 0.4) is 0 Å². The van der Waals surface area contributed by atoms with E-state index in [1.54, 1.807) is 86.8 Å². The Kier molecular flexibility index (Phi) is 7.68. The summed E-state index contributed by atoms with van der Waals surface area (Å²) in [5.74, 6) is -0.612. The summed E-state index contributed by atoms with van der Waals surface area (Å²) >= 11 is 0. The number of carbonyl (C=O) groups is 3. The fourth-order valence-electron chi connectivity index (χ4n) is 4.00. The van der Waals surface area contributed by atoms with Crippen molar-refractivity contribution in [3.8, 4) is 22.9 Å². The molecular weight excluding hydrogens is 514 g/mol. The van der Waals surface area contributed by atoms with Crippen LogP contribution in [0.15, 0.2) is 88.1 Å². The van der Waals surface area contributed by atoms with Crippen LogP contribution in [-0.4, -0.2) is 40.5 Å². The molecule has 5 aromatic rings. The lowest BCUT2D eigenvalue weighted by Gasteiger charge is -2.16. The van der Waals surface area contributed by atoms with E-state index in [0.717, 1.165) is 0 Å². The van der Waals surface area contributed by atoms with Gasteiger partial charge in [-0.15, -0.1) is 0 Å². The number of benzene rings is 2. The summed E-state index contributed by atoms with van der Waals surface area (Å²) in [6.45, 7) is 3.72. The standard InChI is InChI=1S/C30H25N3O7/c1-3-23(28(34)31-20-12-9-18(10-13-20)29(35)37-4-2)40-30(36)19-11-14-21-22(17-19)33-27(25-8-6-16-39-25)26(32-21)24-7-5-15-38-24/h5-17,23H,3-4H2,1-2H3,(H,31,34). The van der Waals surface area contributed by atoms with Gasteiger partial charge in [0, 0.05) is 5.69 Å². The van der Waals surface area contributed by atoms with Crippen molar-refractivity contribution in [3.05, 3.63) is 90.4 Å². The average Bonchev–Trinajstić information content (AvgIpc) is 3.70. The van der Waals surface area contributed by atoms with Crippen molar-refractivity contribution < 1.29 is 32.7 Å². The highest BCUT2D eigenvalue weighted by Crippen LogP contribution is 2.31. The van der Waals surface area contributed by atoms with Crippen molar-refractivity contribution in [1.82, 2.24) is 9.97 Å². The van der Waals surface area contributed by atoms with Crippen LogP contribution < -0.4 is 5.32 Å². The fourth-order valence-corrected chi connectivity index (χ4v) is 4.00. The number of carbonyl (C=O) groups excluding carboxylic acids is 3. The average molecular weight is 540 g/mol. The van der Waals surface area contributed by atoms with Crippen LogP contribution >= 0.6 is 0 Å². The van der Waals surface area contributed by atoms with E-state index in [9.17, 15) is 14.4 Å². The van der Waals surface area contributed by atoms with E-state index in [1.165, 1.54) is 6.26 Å². The topological polar surface area (TPSA) is 134 Å². The second-order valence-electron chi connectivity index (χ2n) is 8.67. The Morgan fingerprint density at radius 2 is 1.43 bits per heavy atom. The quantitative estimate of drug-likeness (QED) is 0.227. The number of nitrogens with one attached hydrogen (secondary N) is 1. The van der Waals surface area contributed by atoms with Crippen molar-refractivity contribution >= 4 is 34.6 Å². The van der Waals surface area contributed by atoms with E-state index >= 15 is 0 Å². The molecule has 0 spiro atoms.